The Hall–Kier alpha value is -0.0800. The van der Waals surface area contributed by atoms with E-state index in [1.54, 1.807) is 7.11 Å². The first-order valence-corrected chi connectivity index (χ1v) is 4.63. The van der Waals surface area contributed by atoms with Gasteiger partial charge in [0.25, 0.3) is 0 Å². The number of hydrogen-bond donors (Lipinski definition) is 1. The molecule has 1 aromatic rings. The minimum absolute atomic E-state index is 0.987. The van der Waals surface area contributed by atoms with Crippen LogP contribution in [-0.4, -0.2) is 7.11 Å². The van der Waals surface area contributed by atoms with Gasteiger partial charge < -0.3 is 4.52 Å². The van der Waals surface area contributed by atoms with Gasteiger partial charge in [-0.05, 0) is 25.0 Å². The maximum atomic E-state index is 5.05. The Morgan fingerprint density at radius 2 is 1.91 bits per heavy atom. The Morgan fingerprint density at radius 3 is 2.36 bits per heavy atom. The lowest BCUT2D eigenvalue weighted by Gasteiger charge is -2.09. The first-order chi connectivity index (χ1) is 5.38. The predicted molar refractivity (Wildman–Crippen MR) is 50.1 cm³/mol. The van der Waals surface area contributed by atoms with Crippen LogP contribution in [0.25, 0.3) is 0 Å². The number of benzene rings is 1. The zero-order valence-electron chi connectivity index (χ0n) is 6.10. The lowest BCUT2D eigenvalue weighted by Crippen LogP contribution is -1.99. The number of thiol groups is 1. The van der Waals surface area contributed by atoms with Crippen LogP contribution in [0.15, 0.2) is 30.3 Å². The molecule has 60 valence electrons. The molecule has 0 radical (unpaired) electrons. The number of hydrogen-bond acceptors (Lipinski definition) is 3. The van der Waals surface area contributed by atoms with Crippen molar-refractivity contribution in [2.75, 3.05) is 7.11 Å². The van der Waals surface area contributed by atoms with Crippen molar-refractivity contribution in [2.24, 2.45) is 0 Å². The van der Waals surface area contributed by atoms with Crippen molar-refractivity contribution in [3.63, 3.8) is 0 Å². The summed E-state index contributed by atoms with van der Waals surface area (Å²) in [6.07, 6.45) is 0. The Bertz CT molecular complexity index is 201. The lowest BCUT2D eigenvalue weighted by atomic mass is 10.4. The Labute approximate surface area is 73.1 Å². The molecule has 1 rings (SSSR count). The second-order valence-electron chi connectivity index (χ2n) is 1.86. The van der Waals surface area contributed by atoms with Crippen LogP contribution in [0, 0.1) is 0 Å². The molecule has 2 nitrogen and oxygen atoms in total. The maximum absolute atomic E-state index is 5.05. The molecule has 0 heterocycles. The van der Waals surface area contributed by atoms with Gasteiger partial charge in [0.1, 0.15) is 0 Å². The van der Waals surface area contributed by atoms with Crippen molar-refractivity contribution < 1.29 is 8.49 Å². The van der Waals surface area contributed by atoms with Crippen molar-refractivity contribution in [3.05, 3.63) is 30.3 Å². The van der Waals surface area contributed by atoms with Crippen LogP contribution in [0.4, 0.5) is 0 Å². The summed E-state index contributed by atoms with van der Waals surface area (Å²) in [4.78, 5) is 0. The summed E-state index contributed by atoms with van der Waals surface area (Å²) in [7, 11) is 0.619. The fourth-order valence-electron chi connectivity index (χ4n) is 0.736. The molecule has 1 unspecified atom stereocenters. The van der Waals surface area contributed by atoms with Gasteiger partial charge in [-0.3, -0.25) is 3.97 Å². The zero-order valence-corrected chi connectivity index (χ0v) is 7.89. The molecular formula is C7H9O2PS. The van der Waals surface area contributed by atoms with E-state index in [1.807, 2.05) is 30.3 Å². The summed E-state index contributed by atoms with van der Waals surface area (Å²) < 4.78 is 9.87. The average Bonchev–Trinajstić information content (AvgIpc) is 2.09. The van der Waals surface area contributed by atoms with Gasteiger partial charge in [-0.15, -0.1) is 0 Å². The molecule has 0 amide bonds. The molecule has 0 saturated carbocycles. The van der Waals surface area contributed by atoms with E-state index >= 15 is 0 Å². The molecule has 0 saturated heterocycles. The zero-order chi connectivity index (χ0) is 8.10. The third-order valence-corrected chi connectivity index (χ3v) is 2.85. The van der Waals surface area contributed by atoms with E-state index in [9.17, 15) is 0 Å². The number of rotatable bonds is 3. The van der Waals surface area contributed by atoms with Crippen molar-refractivity contribution >= 4 is 26.6 Å². The molecule has 4 heteroatoms. The van der Waals surface area contributed by atoms with E-state index in [0.717, 1.165) is 5.30 Å². The van der Waals surface area contributed by atoms with Gasteiger partial charge in [0.2, 0.25) is 8.38 Å². The monoisotopic (exact) mass is 188 g/mol. The Morgan fingerprint density at radius 1 is 1.27 bits per heavy atom. The molecule has 0 N–H and O–H groups in total. The Kier molecular flexibility index (Phi) is 3.87. The molecule has 11 heavy (non-hydrogen) atoms. The topological polar surface area (TPSA) is 18.5 Å². The van der Waals surface area contributed by atoms with Crippen LogP contribution in [0.1, 0.15) is 0 Å². The summed E-state index contributed by atoms with van der Waals surface area (Å²) in [6, 6.07) is 9.73. The summed E-state index contributed by atoms with van der Waals surface area (Å²) >= 11 is 3.71. The van der Waals surface area contributed by atoms with Gasteiger partial charge in [0.05, 0.1) is 0 Å². The van der Waals surface area contributed by atoms with Crippen molar-refractivity contribution in [1.82, 2.24) is 0 Å². The molecule has 1 aromatic carbocycles. The smallest absolute Gasteiger partial charge is 0.216 e. The van der Waals surface area contributed by atoms with Crippen LogP contribution in [-0.2, 0) is 8.49 Å². The summed E-state index contributed by atoms with van der Waals surface area (Å²) in [6.45, 7) is 0. The highest BCUT2D eigenvalue weighted by Gasteiger charge is 2.08. The van der Waals surface area contributed by atoms with Crippen LogP contribution in [0.2, 0.25) is 0 Å². The summed E-state index contributed by atoms with van der Waals surface area (Å²) in [5.74, 6) is 0. The van der Waals surface area contributed by atoms with E-state index < -0.39 is 8.38 Å². The predicted octanol–water partition coefficient (Wildman–Crippen LogP) is 2.13. The van der Waals surface area contributed by atoms with E-state index in [2.05, 4.69) is 12.9 Å². The first-order valence-electron chi connectivity index (χ1n) is 3.09. The minimum atomic E-state index is -0.987. The van der Waals surface area contributed by atoms with Crippen LogP contribution < -0.4 is 5.30 Å². The normalized spacial score (nSPS) is 12.9. The van der Waals surface area contributed by atoms with Gasteiger partial charge >= 0.3 is 0 Å². The van der Waals surface area contributed by atoms with Gasteiger partial charge in [0, 0.05) is 12.4 Å². The quantitative estimate of drug-likeness (QED) is 0.445. The van der Waals surface area contributed by atoms with Gasteiger partial charge in [-0.2, -0.15) is 0 Å². The molecule has 1 atom stereocenters. The lowest BCUT2D eigenvalue weighted by molar-refractivity contribution is 0.422. The molecule has 0 aliphatic rings. The van der Waals surface area contributed by atoms with E-state index in [1.165, 1.54) is 0 Å². The summed E-state index contributed by atoms with van der Waals surface area (Å²) in [5, 5.41) is 1.03. The highest BCUT2D eigenvalue weighted by atomic mass is 32.1. The van der Waals surface area contributed by atoms with E-state index in [4.69, 9.17) is 8.49 Å². The molecule has 0 aliphatic carbocycles. The molecule has 0 fully saturated rings. The maximum Gasteiger partial charge on any atom is 0.216 e. The Balaban J connectivity index is 2.74. The van der Waals surface area contributed by atoms with Crippen molar-refractivity contribution in [1.29, 1.82) is 0 Å². The minimum Gasteiger partial charge on any atom is -0.333 e. The average molecular weight is 188 g/mol. The SMILES string of the molecule is COP(OS)c1ccccc1. The molecule has 0 aliphatic heterocycles. The fraction of sp³-hybridized carbons (Fsp3) is 0.143. The molecule has 0 aromatic heterocycles. The van der Waals surface area contributed by atoms with Crippen LogP contribution in [0.3, 0.4) is 0 Å². The highest BCUT2D eigenvalue weighted by Crippen LogP contribution is 2.36. The van der Waals surface area contributed by atoms with Gasteiger partial charge in [-0.1, -0.05) is 18.2 Å². The van der Waals surface area contributed by atoms with Crippen molar-refractivity contribution in [2.45, 2.75) is 0 Å². The second-order valence-corrected chi connectivity index (χ2v) is 3.91. The molecular weight excluding hydrogens is 179 g/mol. The van der Waals surface area contributed by atoms with E-state index in [-0.39, 0.29) is 0 Å². The van der Waals surface area contributed by atoms with Crippen molar-refractivity contribution in [3.8, 4) is 0 Å². The third-order valence-electron chi connectivity index (χ3n) is 1.21. The largest absolute Gasteiger partial charge is 0.333 e. The first kappa shape index (κ1) is 9.01. The summed E-state index contributed by atoms with van der Waals surface area (Å²) in [5.41, 5.74) is 0. The molecule has 0 bridgehead atoms. The second kappa shape index (κ2) is 4.73. The van der Waals surface area contributed by atoms with Gasteiger partial charge in [0.15, 0.2) is 0 Å². The highest BCUT2D eigenvalue weighted by molar-refractivity contribution is 7.81. The standard InChI is InChI=1S/C7H9O2PS/c1-8-10(9-11)7-5-3-2-4-6-7/h2-6,11H,1H3. The van der Waals surface area contributed by atoms with E-state index in [0.29, 0.717) is 0 Å². The third kappa shape index (κ3) is 2.46. The van der Waals surface area contributed by atoms with Crippen LogP contribution in [0.5, 0.6) is 0 Å². The van der Waals surface area contributed by atoms with Crippen LogP contribution >= 0.6 is 21.3 Å². The molecule has 0 spiro atoms. The fourth-order valence-corrected chi connectivity index (χ4v) is 2.01. The van der Waals surface area contributed by atoms with Gasteiger partial charge in [-0.25, -0.2) is 0 Å².